The Morgan fingerprint density at radius 2 is 1.86 bits per heavy atom. The molecule has 2 fully saturated rings. The van der Waals surface area contributed by atoms with Crippen molar-refractivity contribution in [1.29, 1.82) is 0 Å². The molecule has 0 spiro atoms. The van der Waals surface area contributed by atoms with Crippen molar-refractivity contribution in [3.8, 4) is 0 Å². The normalized spacial score (nSPS) is 26.1. The van der Waals surface area contributed by atoms with Crippen LogP contribution in [0.3, 0.4) is 0 Å². The van der Waals surface area contributed by atoms with Crippen molar-refractivity contribution in [1.82, 2.24) is 5.32 Å². The largest absolute Gasteiger partial charge is 0.480 e. The summed E-state index contributed by atoms with van der Waals surface area (Å²) in [5, 5.41) is 11.9. The van der Waals surface area contributed by atoms with Crippen LogP contribution < -0.4 is 5.32 Å². The van der Waals surface area contributed by atoms with Gasteiger partial charge in [-0.15, -0.1) is 0 Å². The number of benzene rings is 1. The van der Waals surface area contributed by atoms with Crippen LogP contribution in [0.1, 0.15) is 37.7 Å². The lowest BCUT2D eigenvalue weighted by atomic mass is 9.95. The molecule has 2 N–H and O–H groups in total. The number of hydrogen-bond acceptors (Lipinski definition) is 2. The average molecular weight is 309 g/mol. The second-order valence-corrected chi connectivity index (χ2v) is 6.36. The van der Waals surface area contributed by atoms with E-state index in [1.807, 2.05) is 0 Å². The summed E-state index contributed by atoms with van der Waals surface area (Å²) in [7, 11) is 0. The maximum Gasteiger partial charge on any atom is 0.329 e. The summed E-state index contributed by atoms with van der Waals surface area (Å²) < 4.78 is 27.4. The Hall–Kier alpha value is -1.98. The highest BCUT2D eigenvalue weighted by Crippen LogP contribution is 2.50. The lowest BCUT2D eigenvalue weighted by molar-refractivity contribution is -0.148. The zero-order valence-electron chi connectivity index (χ0n) is 12.1. The third-order valence-corrected chi connectivity index (χ3v) is 4.72. The molecule has 1 aromatic carbocycles. The van der Waals surface area contributed by atoms with Gasteiger partial charge in [-0.1, -0.05) is 6.07 Å². The molecule has 0 aliphatic heterocycles. The molecular weight excluding hydrogens is 292 g/mol. The van der Waals surface area contributed by atoms with Gasteiger partial charge >= 0.3 is 5.97 Å². The Morgan fingerprint density at radius 3 is 2.36 bits per heavy atom. The van der Waals surface area contributed by atoms with E-state index in [-0.39, 0.29) is 11.5 Å². The Morgan fingerprint density at radius 1 is 1.27 bits per heavy atom. The van der Waals surface area contributed by atoms with Gasteiger partial charge in [-0.05, 0) is 44.2 Å². The predicted molar refractivity (Wildman–Crippen MR) is 74.1 cm³/mol. The highest BCUT2D eigenvalue weighted by Gasteiger charge is 2.53. The average Bonchev–Trinajstić information content (AvgIpc) is 3.31. The number of halogens is 2. The van der Waals surface area contributed by atoms with Crippen molar-refractivity contribution in [3.63, 3.8) is 0 Å². The summed E-state index contributed by atoms with van der Waals surface area (Å²) in [5.41, 5.74) is -1.37. The van der Waals surface area contributed by atoms with Crippen LogP contribution in [0.5, 0.6) is 0 Å². The fourth-order valence-electron chi connectivity index (χ4n) is 3.01. The van der Waals surface area contributed by atoms with E-state index >= 15 is 0 Å². The molecule has 0 heterocycles. The Balaban J connectivity index is 1.72. The zero-order chi connectivity index (χ0) is 16.1. The molecule has 22 heavy (non-hydrogen) atoms. The lowest BCUT2D eigenvalue weighted by Gasteiger charge is -2.26. The van der Waals surface area contributed by atoms with Gasteiger partial charge in [0.15, 0.2) is 0 Å². The van der Waals surface area contributed by atoms with Gasteiger partial charge in [-0.3, -0.25) is 4.79 Å². The first kappa shape index (κ1) is 14.9. The van der Waals surface area contributed by atoms with Gasteiger partial charge in [0, 0.05) is 17.4 Å². The number of carbonyl (C=O) groups is 2. The van der Waals surface area contributed by atoms with Gasteiger partial charge in [-0.2, -0.15) is 0 Å². The third-order valence-electron chi connectivity index (χ3n) is 4.72. The van der Waals surface area contributed by atoms with Crippen LogP contribution in [0.4, 0.5) is 8.78 Å². The summed E-state index contributed by atoms with van der Waals surface area (Å²) in [6.45, 7) is 1.49. The molecule has 3 rings (SSSR count). The second kappa shape index (κ2) is 5.04. The van der Waals surface area contributed by atoms with Gasteiger partial charge in [0.2, 0.25) is 5.91 Å². The quantitative estimate of drug-likeness (QED) is 0.878. The van der Waals surface area contributed by atoms with E-state index in [9.17, 15) is 23.5 Å². The maximum absolute atomic E-state index is 13.7. The summed E-state index contributed by atoms with van der Waals surface area (Å²) in [5.74, 6) is -3.99. The smallest absolute Gasteiger partial charge is 0.329 e. The monoisotopic (exact) mass is 309 g/mol. The van der Waals surface area contributed by atoms with Crippen molar-refractivity contribution in [2.24, 2.45) is 11.8 Å². The van der Waals surface area contributed by atoms with Crippen LogP contribution >= 0.6 is 0 Å². The first-order chi connectivity index (χ1) is 10.3. The van der Waals surface area contributed by atoms with Crippen LogP contribution in [-0.2, 0) is 9.59 Å². The summed E-state index contributed by atoms with van der Waals surface area (Å²) >= 11 is 0. The molecular formula is C16H17F2NO3. The highest BCUT2D eigenvalue weighted by atomic mass is 19.1. The van der Waals surface area contributed by atoms with E-state index in [0.29, 0.717) is 6.42 Å². The maximum atomic E-state index is 13.7. The SMILES string of the molecule is CC(NC(=O)C1CC1c1c(F)cccc1F)(C(=O)O)C1CC1. The minimum absolute atomic E-state index is 0.0728. The minimum Gasteiger partial charge on any atom is -0.480 e. The van der Waals surface area contributed by atoms with Crippen LogP contribution in [0.2, 0.25) is 0 Å². The standard InChI is InChI=1S/C16H17F2NO3/c1-16(15(21)22,8-5-6-8)19-14(20)10-7-9(10)13-11(17)3-2-4-12(13)18/h2-4,8-10H,5-7H2,1H3,(H,19,20)(H,21,22). The number of carboxylic acid groups (broad SMARTS) is 1. The molecule has 2 aliphatic carbocycles. The third kappa shape index (κ3) is 2.46. The van der Waals surface area contributed by atoms with Crippen molar-refractivity contribution in [3.05, 3.63) is 35.4 Å². The molecule has 1 aromatic rings. The molecule has 118 valence electrons. The van der Waals surface area contributed by atoms with E-state index in [1.54, 1.807) is 0 Å². The second-order valence-electron chi connectivity index (χ2n) is 6.36. The molecule has 0 bridgehead atoms. The van der Waals surface area contributed by atoms with E-state index < -0.39 is 40.9 Å². The Kier molecular flexibility index (Phi) is 3.42. The fourth-order valence-corrected chi connectivity index (χ4v) is 3.01. The van der Waals surface area contributed by atoms with E-state index in [2.05, 4.69) is 5.32 Å². The molecule has 2 aliphatic rings. The molecule has 0 saturated heterocycles. The van der Waals surface area contributed by atoms with Gasteiger partial charge in [0.1, 0.15) is 17.2 Å². The number of amides is 1. The number of hydrogen-bond donors (Lipinski definition) is 2. The van der Waals surface area contributed by atoms with Gasteiger partial charge in [0.25, 0.3) is 0 Å². The van der Waals surface area contributed by atoms with Gasteiger partial charge < -0.3 is 10.4 Å². The van der Waals surface area contributed by atoms with Gasteiger partial charge in [-0.25, -0.2) is 13.6 Å². The number of nitrogens with one attached hydrogen (secondary N) is 1. The fraction of sp³-hybridized carbons (Fsp3) is 0.500. The van der Waals surface area contributed by atoms with E-state index in [1.165, 1.54) is 13.0 Å². The van der Waals surface area contributed by atoms with Gasteiger partial charge in [0.05, 0.1) is 0 Å². The number of aliphatic carboxylic acids is 1. The van der Waals surface area contributed by atoms with Crippen molar-refractivity contribution in [2.75, 3.05) is 0 Å². The molecule has 3 atom stereocenters. The minimum atomic E-state index is -1.29. The molecule has 2 saturated carbocycles. The molecule has 6 heteroatoms. The van der Waals surface area contributed by atoms with Crippen molar-refractivity contribution in [2.45, 2.75) is 37.6 Å². The molecule has 3 unspecified atom stereocenters. The predicted octanol–water partition coefficient (Wildman–Crippen LogP) is 2.44. The van der Waals surface area contributed by atoms with E-state index in [0.717, 1.165) is 25.0 Å². The zero-order valence-corrected chi connectivity index (χ0v) is 12.1. The Labute approximate surface area is 126 Å². The number of carboxylic acids is 1. The van der Waals surface area contributed by atoms with Crippen LogP contribution in [0.25, 0.3) is 0 Å². The molecule has 0 radical (unpaired) electrons. The first-order valence-electron chi connectivity index (χ1n) is 7.34. The molecule has 4 nitrogen and oxygen atoms in total. The van der Waals surface area contributed by atoms with Crippen LogP contribution in [-0.4, -0.2) is 22.5 Å². The van der Waals surface area contributed by atoms with Crippen LogP contribution in [0.15, 0.2) is 18.2 Å². The van der Waals surface area contributed by atoms with Crippen molar-refractivity contribution < 1.29 is 23.5 Å². The summed E-state index contributed by atoms with van der Waals surface area (Å²) in [4.78, 5) is 23.7. The number of carbonyl (C=O) groups excluding carboxylic acids is 1. The summed E-state index contributed by atoms with van der Waals surface area (Å²) in [6, 6.07) is 3.61. The molecule has 1 amide bonds. The first-order valence-corrected chi connectivity index (χ1v) is 7.34. The number of rotatable bonds is 5. The van der Waals surface area contributed by atoms with E-state index in [4.69, 9.17) is 0 Å². The van der Waals surface area contributed by atoms with Crippen LogP contribution in [0, 0.1) is 23.5 Å². The topological polar surface area (TPSA) is 66.4 Å². The lowest BCUT2D eigenvalue weighted by Crippen LogP contribution is -2.54. The highest BCUT2D eigenvalue weighted by molar-refractivity contribution is 5.90. The molecule has 0 aromatic heterocycles. The Bertz CT molecular complexity index is 624. The summed E-state index contributed by atoms with van der Waals surface area (Å²) in [6.07, 6.45) is 1.86. The van der Waals surface area contributed by atoms with Crippen molar-refractivity contribution >= 4 is 11.9 Å².